The minimum Gasteiger partial charge on any atom is -0.457 e. The van der Waals surface area contributed by atoms with Gasteiger partial charge < -0.3 is 10.1 Å². The number of ether oxygens (including phenoxy) is 1. The number of hydrogen-bond acceptors (Lipinski definition) is 4. The highest BCUT2D eigenvalue weighted by atomic mass is 35.5. The first-order chi connectivity index (χ1) is 14.5. The van der Waals surface area contributed by atoms with E-state index in [0.717, 1.165) is 5.56 Å². The van der Waals surface area contributed by atoms with Crippen LogP contribution in [-0.2, 0) is 6.54 Å². The van der Waals surface area contributed by atoms with Crippen LogP contribution in [0.5, 0.6) is 11.5 Å². The second kappa shape index (κ2) is 8.51. The van der Waals surface area contributed by atoms with Crippen LogP contribution in [-0.4, -0.2) is 14.8 Å². The molecule has 1 N–H and O–H groups in total. The number of benzene rings is 2. The molecule has 0 saturated heterocycles. The number of aromatic nitrogens is 3. The lowest BCUT2D eigenvalue weighted by atomic mass is 10.2. The Balaban J connectivity index is 1.51. The minimum absolute atomic E-state index is 0.118. The van der Waals surface area contributed by atoms with E-state index in [4.69, 9.17) is 16.3 Å². The van der Waals surface area contributed by atoms with Gasteiger partial charge in [0.15, 0.2) is 11.6 Å². The Morgan fingerprint density at radius 1 is 1.07 bits per heavy atom. The fourth-order valence-corrected chi connectivity index (χ4v) is 3.01. The summed E-state index contributed by atoms with van der Waals surface area (Å²) in [5, 5.41) is 7.99. The predicted molar refractivity (Wildman–Crippen MR) is 111 cm³/mol. The molecule has 0 unspecified atom stereocenters. The average Bonchev–Trinajstić information content (AvgIpc) is 3.19. The van der Waals surface area contributed by atoms with Gasteiger partial charge in [-0.15, -0.1) is 5.10 Å². The number of nitrogens with one attached hydrogen (secondary N) is 1. The zero-order chi connectivity index (χ0) is 21.1. The number of halogens is 3. The number of rotatable bonds is 6. The molecule has 0 aliphatic heterocycles. The van der Waals surface area contributed by atoms with Crippen molar-refractivity contribution in [1.82, 2.24) is 14.8 Å². The summed E-state index contributed by atoms with van der Waals surface area (Å²) in [5.74, 6) is 0.945. The lowest BCUT2D eigenvalue weighted by molar-refractivity contribution is 0.474. The summed E-state index contributed by atoms with van der Waals surface area (Å²) < 4.78 is 34.7. The second-order valence-corrected chi connectivity index (χ2v) is 7.01. The summed E-state index contributed by atoms with van der Waals surface area (Å²) in [7, 11) is 0. The maximum Gasteiger partial charge on any atom is 0.189 e. The molecule has 30 heavy (non-hydrogen) atoms. The van der Waals surface area contributed by atoms with E-state index in [1.807, 2.05) is 6.07 Å². The van der Waals surface area contributed by atoms with Gasteiger partial charge in [-0.05, 0) is 55.0 Å². The van der Waals surface area contributed by atoms with Crippen LogP contribution in [0.25, 0.3) is 5.82 Å². The number of anilines is 1. The van der Waals surface area contributed by atoms with E-state index < -0.39 is 5.82 Å². The highest BCUT2D eigenvalue weighted by Gasteiger charge is 2.10. The van der Waals surface area contributed by atoms with Crippen molar-refractivity contribution in [2.45, 2.75) is 13.5 Å². The molecule has 0 spiro atoms. The Morgan fingerprint density at radius 3 is 2.73 bits per heavy atom. The number of pyridine rings is 1. The summed E-state index contributed by atoms with van der Waals surface area (Å²) in [6.07, 6.45) is 3.12. The first kappa shape index (κ1) is 19.8. The van der Waals surface area contributed by atoms with Gasteiger partial charge in [0, 0.05) is 35.6 Å². The zero-order valence-electron chi connectivity index (χ0n) is 15.9. The Bertz CT molecular complexity index is 1200. The monoisotopic (exact) mass is 426 g/mol. The molecule has 0 amide bonds. The molecule has 0 saturated carbocycles. The quantitative estimate of drug-likeness (QED) is 0.416. The molecule has 8 heteroatoms. The van der Waals surface area contributed by atoms with Gasteiger partial charge in [-0.25, -0.2) is 18.4 Å². The lowest BCUT2D eigenvalue weighted by Gasteiger charge is -2.13. The molecule has 0 aliphatic carbocycles. The van der Waals surface area contributed by atoms with Crippen LogP contribution in [0.2, 0.25) is 5.02 Å². The molecule has 2 aromatic carbocycles. The van der Waals surface area contributed by atoms with Crippen LogP contribution in [0.15, 0.2) is 67.0 Å². The standard InChI is InChI=1S/C22H17ClF2N4O/c1-14-11-17(6-7-18(14)24)30-20-12-16(23)5-4-15(20)13-27-21-8-10-29(28-21)22-19(25)3-2-9-26-22/h2-12H,13H2,1H3,(H,27,28). The van der Waals surface area contributed by atoms with Crippen molar-refractivity contribution in [3.8, 4) is 17.3 Å². The highest BCUT2D eigenvalue weighted by molar-refractivity contribution is 6.30. The molecule has 0 bridgehead atoms. The fraction of sp³-hybridized carbons (Fsp3) is 0.0909. The zero-order valence-corrected chi connectivity index (χ0v) is 16.7. The van der Waals surface area contributed by atoms with Crippen LogP contribution >= 0.6 is 11.6 Å². The third-order valence-electron chi connectivity index (χ3n) is 4.39. The van der Waals surface area contributed by atoms with Gasteiger partial charge in [-0.2, -0.15) is 0 Å². The van der Waals surface area contributed by atoms with Gasteiger partial charge in [0.2, 0.25) is 0 Å². The molecule has 2 heterocycles. The predicted octanol–water partition coefficient (Wildman–Crippen LogP) is 5.91. The summed E-state index contributed by atoms with van der Waals surface area (Å²) in [5.41, 5.74) is 1.31. The molecule has 2 aromatic heterocycles. The van der Waals surface area contributed by atoms with Gasteiger partial charge in [-0.3, -0.25) is 0 Å². The Kier molecular flexibility index (Phi) is 5.63. The Labute approximate surface area is 176 Å². The van der Waals surface area contributed by atoms with Crippen molar-refractivity contribution < 1.29 is 13.5 Å². The van der Waals surface area contributed by atoms with Crippen molar-refractivity contribution in [3.05, 3.63) is 94.8 Å². The first-order valence-corrected chi connectivity index (χ1v) is 9.50. The van der Waals surface area contributed by atoms with Gasteiger partial charge in [0.05, 0.1) is 0 Å². The van der Waals surface area contributed by atoms with Crippen LogP contribution in [0.3, 0.4) is 0 Å². The fourth-order valence-electron chi connectivity index (χ4n) is 2.84. The van der Waals surface area contributed by atoms with Crippen LogP contribution < -0.4 is 10.1 Å². The lowest BCUT2D eigenvalue weighted by Crippen LogP contribution is -2.05. The molecule has 4 rings (SSSR count). The largest absolute Gasteiger partial charge is 0.457 e. The van der Waals surface area contributed by atoms with Crippen molar-refractivity contribution in [2.24, 2.45) is 0 Å². The smallest absolute Gasteiger partial charge is 0.189 e. The van der Waals surface area contributed by atoms with Crippen LogP contribution in [0, 0.1) is 18.6 Å². The van der Waals surface area contributed by atoms with Crippen molar-refractivity contribution >= 4 is 17.4 Å². The van der Waals surface area contributed by atoms with Crippen LogP contribution in [0.4, 0.5) is 14.6 Å². The molecule has 5 nitrogen and oxygen atoms in total. The normalized spacial score (nSPS) is 10.8. The van der Waals surface area contributed by atoms with Gasteiger partial charge in [0.1, 0.15) is 23.1 Å². The van der Waals surface area contributed by atoms with E-state index >= 15 is 0 Å². The molecule has 4 aromatic rings. The van der Waals surface area contributed by atoms with E-state index in [-0.39, 0.29) is 11.6 Å². The maximum atomic E-state index is 13.9. The highest BCUT2D eigenvalue weighted by Crippen LogP contribution is 2.30. The second-order valence-electron chi connectivity index (χ2n) is 6.57. The summed E-state index contributed by atoms with van der Waals surface area (Å²) in [4.78, 5) is 4.00. The van der Waals surface area contributed by atoms with Gasteiger partial charge in [-0.1, -0.05) is 17.7 Å². The van der Waals surface area contributed by atoms with E-state index in [2.05, 4.69) is 15.4 Å². The Hall–Kier alpha value is -3.45. The molecule has 0 aliphatic rings. The van der Waals surface area contributed by atoms with E-state index in [1.54, 1.807) is 43.5 Å². The molecule has 0 fully saturated rings. The van der Waals surface area contributed by atoms with E-state index in [1.165, 1.54) is 29.1 Å². The van der Waals surface area contributed by atoms with Gasteiger partial charge in [0.25, 0.3) is 0 Å². The Morgan fingerprint density at radius 2 is 1.93 bits per heavy atom. The number of nitrogens with zero attached hydrogens (tertiary/aromatic N) is 3. The molecule has 0 atom stereocenters. The number of hydrogen-bond donors (Lipinski definition) is 1. The average molecular weight is 427 g/mol. The van der Waals surface area contributed by atoms with Crippen molar-refractivity contribution in [3.63, 3.8) is 0 Å². The summed E-state index contributed by atoms with van der Waals surface area (Å²) >= 11 is 6.12. The molecular weight excluding hydrogens is 410 g/mol. The summed E-state index contributed by atoms with van der Waals surface area (Å²) in [6, 6.07) is 14.4. The molecule has 152 valence electrons. The number of aryl methyl sites for hydroxylation is 1. The van der Waals surface area contributed by atoms with E-state index in [9.17, 15) is 8.78 Å². The van der Waals surface area contributed by atoms with Gasteiger partial charge >= 0.3 is 0 Å². The van der Waals surface area contributed by atoms with Crippen molar-refractivity contribution in [2.75, 3.05) is 5.32 Å². The third-order valence-corrected chi connectivity index (χ3v) is 4.63. The minimum atomic E-state index is -0.463. The summed E-state index contributed by atoms with van der Waals surface area (Å²) in [6.45, 7) is 2.05. The SMILES string of the molecule is Cc1cc(Oc2cc(Cl)ccc2CNc2ccn(-c3ncccc3F)n2)ccc1F. The maximum absolute atomic E-state index is 13.9. The topological polar surface area (TPSA) is 52.0 Å². The third kappa shape index (κ3) is 4.41. The first-order valence-electron chi connectivity index (χ1n) is 9.12. The molecular formula is C22H17ClF2N4O. The van der Waals surface area contributed by atoms with E-state index in [0.29, 0.717) is 34.4 Å². The van der Waals surface area contributed by atoms with Crippen molar-refractivity contribution in [1.29, 1.82) is 0 Å². The van der Waals surface area contributed by atoms with Crippen LogP contribution in [0.1, 0.15) is 11.1 Å². The molecule has 0 radical (unpaired) electrons.